The Morgan fingerprint density at radius 2 is 1.48 bits per heavy atom. The number of amides is 1. The summed E-state index contributed by atoms with van der Waals surface area (Å²) in [6.45, 7) is -1.27. The number of carbonyl (C=O) groups excluding carboxylic acids is 3. The number of ether oxygens (including phenoxy) is 3. The number of methoxy groups -OCH3 is 2. The van der Waals surface area contributed by atoms with Gasteiger partial charge in [0.2, 0.25) is 0 Å². The molecule has 2 rings (SSSR count). The van der Waals surface area contributed by atoms with Gasteiger partial charge in [-0.25, -0.2) is 27.2 Å². The highest BCUT2D eigenvalue weighted by atomic mass is 19.2. The first-order chi connectivity index (χ1) is 12.7. The van der Waals surface area contributed by atoms with Crippen molar-refractivity contribution in [1.29, 1.82) is 0 Å². The minimum Gasteiger partial charge on any atom is -0.466 e. The van der Waals surface area contributed by atoms with Crippen LogP contribution in [-0.2, 0) is 23.8 Å². The Labute approximate surface area is 149 Å². The molecule has 1 heterocycles. The SMILES string of the molecule is COC(=O)C1=C(C(=O)OC)N(c2c(F)c(F)c(C(N)=O)c(F)c2F)COC1. The summed E-state index contributed by atoms with van der Waals surface area (Å²) in [6.07, 6.45) is 0. The number of primary amides is 1. The quantitative estimate of drug-likeness (QED) is 0.457. The number of anilines is 1. The Morgan fingerprint density at radius 3 is 1.93 bits per heavy atom. The van der Waals surface area contributed by atoms with Gasteiger partial charge in [0.25, 0.3) is 5.91 Å². The molecular formula is C15H12F4N2O6. The predicted octanol–water partition coefficient (Wildman–Crippen LogP) is 0.736. The van der Waals surface area contributed by atoms with Crippen molar-refractivity contribution in [2.24, 2.45) is 5.73 Å². The molecule has 0 saturated carbocycles. The van der Waals surface area contributed by atoms with E-state index < -0.39 is 77.0 Å². The molecule has 1 aliphatic rings. The number of nitrogens with two attached hydrogens (primary N) is 1. The summed E-state index contributed by atoms with van der Waals surface area (Å²) in [5.41, 5.74) is 0.412. The molecule has 27 heavy (non-hydrogen) atoms. The van der Waals surface area contributed by atoms with Crippen molar-refractivity contribution in [1.82, 2.24) is 0 Å². The summed E-state index contributed by atoms with van der Waals surface area (Å²) in [4.78, 5) is 35.3. The van der Waals surface area contributed by atoms with E-state index >= 15 is 0 Å². The molecule has 146 valence electrons. The molecule has 12 heteroatoms. The second-order valence-electron chi connectivity index (χ2n) is 5.06. The molecule has 0 spiro atoms. The van der Waals surface area contributed by atoms with Gasteiger partial charge in [-0.05, 0) is 0 Å². The third-order valence-corrected chi connectivity index (χ3v) is 3.59. The van der Waals surface area contributed by atoms with Crippen molar-refractivity contribution in [3.05, 3.63) is 40.1 Å². The molecular weight excluding hydrogens is 380 g/mol. The zero-order chi connectivity index (χ0) is 20.5. The molecule has 1 aliphatic heterocycles. The van der Waals surface area contributed by atoms with Crippen LogP contribution in [-0.4, -0.2) is 45.4 Å². The average molecular weight is 392 g/mol. The van der Waals surface area contributed by atoms with Gasteiger partial charge in [0, 0.05) is 0 Å². The first kappa shape index (κ1) is 20.2. The second kappa shape index (κ2) is 7.61. The summed E-state index contributed by atoms with van der Waals surface area (Å²) in [7, 11) is 1.87. The maximum absolute atomic E-state index is 14.4. The van der Waals surface area contributed by atoms with Crippen molar-refractivity contribution in [2.75, 3.05) is 32.5 Å². The molecule has 0 radical (unpaired) electrons. The van der Waals surface area contributed by atoms with Gasteiger partial charge in [-0.3, -0.25) is 4.79 Å². The minimum absolute atomic E-state index is 0.350. The third-order valence-electron chi connectivity index (χ3n) is 3.59. The van der Waals surface area contributed by atoms with Crippen LogP contribution in [0.5, 0.6) is 0 Å². The Hall–Kier alpha value is -3.15. The van der Waals surface area contributed by atoms with Crippen molar-refractivity contribution in [3.63, 3.8) is 0 Å². The van der Waals surface area contributed by atoms with Crippen molar-refractivity contribution in [3.8, 4) is 0 Å². The summed E-state index contributed by atoms with van der Waals surface area (Å²) in [5.74, 6) is -12.3. The first-order valence-corrected chi connectivity index (χ1v) is 7.08. The number of nitrogens with zero attached hydrogens (tertiary/aromatic N) is 1. The van der Waals surface area contributed by atoms with Crippen molar-refractivity contribution in [2.45, 2.75) is 0 Å². The van der Waals surface area contributed by atoms with E-state index in [1.54, 1.807) is 0 Å². The second-order valence-corrected chi connectivity index (χ2v) is 5.06. The molecule has 1 aromatic rings. The van der Waals surface area contributed by atoms with Gasteiger partial charge in [0.05, 0.1) is 26.4 Å². The largest absolute Gasteiger partial charge is 0.466 e. The summed E-state index contributed by atoms with van der Waals surface area (Å²) < 4.78 is 70.8. The number of carbonyl (C=O) groups is 3. The highest BCUT2D eigenvalue weighted by Gasteiger charge is 2.38. The monoisotopic (exact) mass is 392 g/mol. The van der Waals surface area contributed by atoms with E-state index in [4.69, 9.17) is 10.5 Å². The van der Waals surface area contributed by atoms with E-state index in [0.29, 0.717) is 4.90 Å². The molecule has 0 atom stereocenters. The van der Waals surface area contributed by atoms with E-state index in [1.807, 2.05) is 0 Å². The van der Waals surface area contributed by atoms with Crippen LogP contribution < -0.4 is 10.6 Å². The number of hydrogen-bond acceptors (Lipinski definition) is 7. The van der Waals surface area contributed by atoms with Crippen LogP contribution in [0.3, 0.4) is 0 Å². The van der Waals surface area contributed by atoms with Crippen LogP contribution in [0.25, 0.3) is 0 Å². The summed E-state index contributed by atoms with van der Waals surface area (Å²) in [6, 6.07) is 0. The third kappa shape index (κ3) is 3.30. The van der Waals surface area contributed by atoms with Crippen LogP contribution >= 0.6 is 0 Å². The molecule has 2 N–H and O–H groups in total. The Morgan fingerprint density at radius 1 is 0.963 bits per heavy atom. The molecule has 0 saturated heterocycles. The van der Waals surface area contributed by atoms with Crippen molar-refractivity contribution < 1.29 is 46.2 Å². The van der Waals surface area contributed by atoms with E-state index in [-0.39, 0.29) is 0 Å². The van der Waals surface area contributed by atoms with Gasteiger partial charge in [-0.2, -0.15) is 0 Å². The predicted molar refractivity (Wildman–Crippen MR) is 79.1 cm³/mol. The standard InChI is InChI=1S/C15H12F4N2O6/c1-25-14(23)5-3-27-4-21(11(5)15(24)26-2)12-9(18)7(16)6(13(20)22)8(17)10(12)19/h3-4H2,1-2H3,(H2,20,22). The smallest absolute Gasteiger partial charge is 0.355 e. The number of benzene rings is 1. The van der Waals surface area contributed by atoms with E-state index in [0.717, 1.165) is 14.2 Å². The van der Waals surface area contributed by atoms with Crippen LogP contribution in [0.2, 0.25) is 0 Å². The fourth-order valence-corrected chi connectivity index (χ4v) is 2.39. The lowest BCUT2D eigenvalue weighted by Crippen LogP contribution is -2.40. The van der Waals surface area contributed by atoms with Gasteiger partial charge in [-0.1, -0.05) is 0 Å². The highest BCUT2D eigenvalue weighted by molar-refractivity contribution is 6.03. The van der Waals surface area contributed by atoms with Crippen LogP contribution in [0.1, 0.15) is 10.4 Å². The van der Waals surface area contributed by atoms with Crippen molar-refractivity contribution >= 4 is 23.5 Å². The fourth-order valence-electron chi connectivity index (χ4n) is 2.39. The maximum Gasteiger partial charge on any atom is 0.355 e. The van der Waals surface area contributed by atoms with E-state index in [9.17, 15) is 31.9 Å². The molecule has 1 aromatic carbocycles. The van der Waals surface area contributed by atoms with Gasteiger partial charge in [0.15, 0.2) is 23.3 Å². The van der Waals surface area contributed by atoms with Gasteiger partial charge < -0.3 is 24.8 Å². The average Bonchev–Trinajstić information content (AvgIpc) is 2.65. The minimum atomic E-state index is -2.08. The lowest BCUT2D eigenvalue weighted by Gasteiger charge is -2.31. The topological polar surface area (TPSA) is 108 Å². The molecule has 0 unspecified atom stereocenters. The summed E-state index contributed by atoms with van der Waals surface area (Å²) in [5, 5.41) is 0. The molecule has 0 aromatic heterocycles. The van der Waals surface area contributed by atoms with Crippen LogP contribution in [0.4, 0.5) is 23.2 Å². The number of rotatable bonds is 4. The Kier molecular flexibility index (Phi) is 5.69. The molecule has 0 fully saturated rings. The summed E-state index contributed by atoms with van der Waals surface area (Å²) >= 11 is 0. The molecule has 0 bridgehead atoms. The van der Waals surface area contributed by atoms with Gasteiger partial charge in [0.1, 0.15) is 23.7 Å². The van der Waals surface area contributed by atoms with Crippen LogP contribution in [0.15, 0.2) is 11.3 Å². The number of esters is 2. The van der Waals surface area contributed by atoms with E-state index in [2.05, 4.69) is 9.47 Å². The molecule has 0 aliphatic carbocycles. The Balaban J connectivity index is 2.81. The lowest BCUT2D eigenvalue weighted by atomic mass is 10.1. The molecule has 8 nitrogen and oxygen atoms in total. The van der Waals surface area contributed by atoms with Gasteiger partial charge >= 0.3 is 11.9 Å². The first-order valence-electron chi connectivity index (χ1n) is 7.08. The lowest BCUT2D eigenvalue weighted by molar-refractivity contribution is -0.140. The molecule has 1 amide bonds. The zero-order valence-electron chi connectivity index (χ0n) is 13.9. The zero-order valence-corrected chi connectivity index (χ0v) is 13.9. The van der Waals surface area contributed by atoms with E-state index in [1.165, 1.54) is 0 Å². The normalized spacial score (nSPS) is 14.2. The highest BCUT2D eigenvalue weighted by Crippen LogP contribution is 2.35. The Bertz CT molecular complexity index is 841. The van der Waals surface area contributed by atoms with Crippen LogP contribution in [0, 0.1) is 23.3 Å². The fraction of sp³-hybridized carbons (Fsp3) is 0.267. The number of halogens is 4. The van der Waals surface area contributed by atoms with Gasteiger partial charge in [-0.15, -0.1) is 0 Å². The maximum atomic E-state index is 14.4. The number of hydrogen-bond donors (Lipinski definition) is 1.